The number of esters is 2. The second-order valence-corrected chi connectivity index (χ2v) is 7.98. The van der Waals surface area contributed by atoms with Gasteiger partial charge in [-0.25, -0.2) is 0 Å². The topological polar surface area (TPSA) is 107 Å². The third kappa shape index (κ3) is 2.83. The average Bonchev–Trinajstić information content (AvgIpc) is 2.88. The van der Waals surface area contributed by atoms with Gasteiger partial charge in [0.25, 0.3) is 0 Å². The summed E-state index contributed by atoms with van der Waals surface area (Å²) >= 11 is 0. The zero-order valence-corrected chi connectivity index (χ0v) is 15.1. The summed E-state index contributed by atoms with van der Waals surface area (Å²) in [6.45, 7) is 4.02. The molecule has 0 aromatic heterocycles. The maximum absolute atomic E-state index is 12.9. The van der Waals surface area contributed by atoms with Crippen LogP contribution < -0.4 is 0 Å². The Morgan fingerprint density at radius 1 is 1.31 bits per heavy atom. The first-order valence-corrected chi connectivity index (χ1v) is 8.97. The van der Waals surface area contributed by atoms with E-state index in [0.717, 1.165) is 12.0 Å². The summed E-state index contributed by atoms with van der Waals surface area (Å²) in [5.74, 6) is -2.80. The summed E-state index contributed by atoms with van der Waals surface area (Å²) in [4.78, 5) is 48.0. The number of carboxylic acids is 1. The monoisotopic (exact) mass is 364 g/mol. The number of hydrogen-bond donors (Lipinski definition) is 1. The molecule has 4 atom stereocenters. The van der Waals surface area contributed by atoms with Gasteiger partial charge in [-0.1, -0.05) is 18.9 Å². The van der Waals surface area contributed by atoms with Gasteiger partial charge in [0.05, 0.1) is 31.5 Å². The van der Waals surface area contributed by atoms with Crippen molar-refractivity contribution in [1.82, 2.24) is 0 Å². The Balaban J connectivity index is 1.84. The van der Waals surface area contributed by atoms with Crippen LogP contribution in [-0.2, 0) is 28.7 Å². The molecule has 0 unspecified atom stereocenters. The SMILES string of the molecule is CC1=CC(=O)[C@H]2[C@@](C)(COC(=O)CCC(=O)O)CCC[C@@]23C(=O)OC[C@@H]13. The van der Waals surface area contributed by atoms with Gasteiger partial charge in [0.2, 0.25) is 0 Å². The number of aliphatic carboxylic acids is 1. The van der Waals surface area contributed by atoms with Gasteiger partial charge >= 0.3 is 17.9 Å². The normalized spacial score (nSPS) is 35.8. The third-order valence-electron chi connectivity index (χ3n) is 6.24. The van der Waals surface area contributed by atoms with Crippen LogP contribution in [0.3, 0.4) is 0 Å². The summed E-state index contributed by atoms with van der Waals surface area (Å²) < 4.78 is 10.7. The number of ether oxygens (including phenoxy) is 2. The van der Waals surface area contributed by atoms with Crippen molar-refractivity contribution in [3.63, 3.8) is 0 Å². The summed E-state index contributed by atoms with van der Waals surface area (Å²) in [6.07, 6.45) is 3.10. The number of carbonyl (C=O) groups excluding carboxylic acids is 3. The summed E-state index contributed by atoms with van der Waals surface area (Å²) in [7, 11) is 0. The van der Waals surface area contributed by atoms with E-state index in [4.69, 9.17) is 14.6 Å². The maximum atomic E-state index is 12.9. The van der Waals surface area contributed by atoms with Crippen molar-refractivity contribution in [2.75, 3.05) is 13.2 Å². The minimum atomic E-state index is -1.07. The first-order chi connectivity index (χ1) is 12.2. The van der Waals surface area contributed by atoms with Crippen LogP contribution in [0.1, 0.15) is 46.0 Å². The molecule has 3 aliphatic rings. The van der Waals surface area contributed by atoms with Gasteiger partial charge in [0.1, 0.15) is 0 Å². The molecule has 2 aliphatic carbocycles. The largest absolute Gasteiger partial charge is 0.481 e. The lowest BCUT2D eigenvalue weighted by molar-refractivity contribution is -0.169. The molecule has 0 amide bonds. The van der Waals surface area contributed by atoms with Crippen LogP contribution in [0, 0.1) is 22.7 Å². The fourth-order valence-electron chi connectivity index (χ4n) is 5.10. The van der Waals surface area contributed by atoms with E-state index in [1.54, 1.807) is 6.08 Å². The number of allylic oxidation sites excluding steroid dienone is 1. The maximum Gasteiger partial charge on any atom is 0.313 e. The Morgan fingerprint density at radius 2 is 2.04 bits per heavy atom. The molecule has 142 valence electrons. The number of carboxylic acid groups (broad SMARTS) is 1. The van der Waals surface area contributed by atoms with Gasteiger partial charge in [-0.2, -0.15) is 0 Å². The Hall–Kier alpha value is -2.18. The summed E-state index contributed by atoms with van der Waals surface area (Å²) in [6, 6.07) is 0. The van der Waals surface area contributed by atoms with Crippen LogP contribution in [0.15, 0.2) is 11.6 Å². The number of hydrogen-bond acceptors (Lipinski definition) is 6. The van der Waals surface area contributed by atoms with Crippen LogP contribution in [0.5, 0.6) is 0 Å². The Morgan fingerprint density at radius 3 is 2.73 bits per heavy atom. The molecule has 0 aromatic rings. The highest BCUT2D eigenvalue weighted by Gasteiger charge is 2.67. The molecular weight excluding hydrogens is 340 g/mol. The minimum Gasteiger partial charge on any atom is -0.481 e. The van der Waals surface area contributed by atoms with Crippen LogP contribution in [-0.4, -0.2) is 42.0 Å². The molecule has 1 N–H and O–H groups in total. The Bertz CT molecular complexity index is 694. The highest BCUT2D eigenvalue weighted by molar-refractivity contribution is 6.00. The second-order valence-electron chi connectivity index (χ2n) is 7.98. The van der Waals surface area contributed by atoms with Crippen molar-refractivity contribution in [3.05, 3.63) is 11.6 Å². The molecule has 7 nitrogen and oxygen atoms in total. The fraction of sp³-hybridized carbons (Fsp3) is 0.684. The summed E-state index contributed by atoms with van der Waals surface area (Å²) in [5, 5.41) is 8.66. The zero-order chi connectivity index (χ0) is 19.1. The molecule has 1 saturated carbocycles. The van der Waals surface area contributed by atoms with Gasteiger partial charge in [0, 0.05) is 17.3 Å². The molecule has 1 spiro atoms. The zero-order valence-electron chi connectivity index (χ0n) is 15.1. The molecule has 0 aromatic carbocycles. The number of ketones is 1. The van der Waals surface area contributed by atoms with Crippen molar-refractivity contribution in [1.29, 1.82) is 0 Å². The minimum absolute atomic E-state index is 0.00348. The molecular formula is C19H24O7. The quantitative estimate of drug-likeness (QED) is 0.742. The van der Waals surface area contributed by atoms with Crippen LogP contribution in [0.4, 0.5) is 0 Å². The van der Waals surface area contributed by atoms with Gasteiger partial charge in [0.15, 0.2) is 5.78 Å². The van der Waals surface area contributed by atoms with Crippen molar-refractivity contribution in [2.45, 2.75) is 46.0 Å². The highest BCUT2D eigenvalue weighted by Crippen LogP contribution is 2.61. The Kier molecular flexibility index (Phi) is 4.67. The molecule has 0 radical (unpaired) electrons. The number of rotatable bonds is 5. The third-order valence-corrected chi connectivity index (χ3v) is 6.24. The molecule has 3 rings (SSSR count). The van der Waals surface area contributed by atoms with Gasteiger partial charge in [-0.3, -0.25) is 19.2 Å². The first-order valence-electron chi connectivity index (χ1n) is 8.97. The van der Waals surface area contributed by atoms with E-state index in [-0.39, 0.29) is 37.1 Å². The lowest BCUT2D eigenvalue weighted by atomic mass is 9.48. The highest BCUT2D eigenvalue weighted by atomic mass is 16.5. The van der Waals surface area contributed by atoms with E-state index in [2.05, 4.69) is 0 Å². The van der Waals surface area contributed by atoms with Crippen molar-refractivity contribution in [3.8, 4) is 0 Å². The smallest absolute Gasteiger partial charge is 0.313 e. The van der Waals surface area contributed by atoms with E-state index in [9.17, 15) is 19.2 Å². The molecule has 26 heavy (non-hydrogen) atoms. The molecule has 1 heterocycles. The van der Waals surface area contributed by atoms with Crippen molar-refractivity contribution >= 4 is 23.7 Å². The average molecular weight is 364 g/mol. The van der Waals surface area contributed by atoms with Gasteiger partial charge in [-0.15, -0.1) is 0 Å². The lowest BCUT2D eigenvalue weighted by Crippen LogP contribution is -2.57. The van der Waals surface area contributed by atoms with E-state index >= 15 is 0 Å². The molecule has 0 bridgehead atoms. The van der Waals surface area contributed by atoms with Crippen LogP contribution >= 0.6 is 0 Å². The van der Waals surface area contributed by atoms with E-state index in [0.29, 0.717) is 19.4 Å². The van der Waals surface area contributed by atoms with E-state index in [1.165, 1.54) is 0 Å². The molecule has 7 heteroatoms. The molecule has 1 aliphatic heterocycles. The fourth-order valence-corrected chi connectivity index (χ4v) is 5.10. The predicted octanol–water partition coefficient (Wildman–Crippen LogP) is 1.89. The van der Waals surface area contributed by atoms with E-state index in [1.807, 2.05) is 13.8 Å². The van der Waals surface area contributed by atoms with Crippen molar-refractivity contribution < 1.29 is 33.8 Å². The van der Waals surface area contributed by atoms with Crippen LogP contribution in [0.2, 0.25) is 0 Å². The summed E-state index contributed by atoms with van der Waals surface area (Å²) in [5.41, 5.74) is -0.663. The lowest BCUT2D eigenvalue weighted by Gasteiger charge is -2.52. The number of carbonyl (C=O) groups is 4. The first kappa shape index (κ1) is 18.6. The molecule has 1 saturated heterocycles. The van der Waals surface area contributed by atoms with Crippen molar-refractivity contribution in [2.24, 2.45) is 22.7 Å². The predicted molar refractivity (Wildman–Crippen MR) is 88.9 cm³/mol. The Labute approximate surface area is 151 Å². The number of cyclic esters (lactones) is 1. The molecule has 2 fully saturated rings. The second kappa shape index (κ2) is 6.52. The van der Waals surface area contributed by atoms with E-state index < -0.39 is 28.7 Å². The standard InChI is InChI=1S/C19H24O7/c1-11-8-13(20)16-18(2,10-26-15(23)5-4-14(21)22)6-3-7-19(16)12(11)9-25-17(19)24/h8,12,16H,3-7,9-10H2,1-2H3,(H,21,22)/t12-,16-,18+,19-/m0/s1. The van der Waals surface area contributed by atoms with Gasteiger partial charge in [-0.05, 0) is 25.8 Å². The van der Waals surface area contributed by atoms with Gasteiger partial charge < -0.3 is 14.6 Å². The van der Waals surface area contributed by atoms with Crippen LogP contribution in [0.25, 0.3) is 0 Å².